The molecule has 0 atom stereocenters. The highest BCUT2D eigenvalue weighted by Gasteiger charge is 2.54. The summed E-state index contributed by atoms with van der Waals surface area (Å²) in [6.45, 7) is 16.8. The zero-order valence-electron chi connectivity index (χ0n) is 65.2. The van der Waals surface area contributed by atoms with E-state index in [1.165, 1.54) is 117 Å². The molecule has 5 heterocycles. The van der Waals surface area contributed by atoms with Crippen molar-refractivity contribution < 1.29 is 58.6 Å². The van der Waals surface area contributed by atoms with Crippen LogP contribution in [0.4, 0.5) is 13.2 Å². The summed E-state index contributed by atoms with van der Waals surface area (Å²) in [5.41, 5.74) is 10.9. The van der Waals surface area contributed by atoms with Crippen LogP contribution in [0.2, 0.25) is 0 Å². The van der Waals surface area contributed by atoms with Crippen LogP contribution >= 0.6 is 0 Å². The summed E-state index contributed by atoms with van der Waals surface area (Å²) >= 11 is 0. The molecule has 0 saturated carbocycles. The molecule has 17 aromatic rings. The highest BCUT2D eigenvalue weighted by atomic mass is 32.2. The van der Waals surface area contributed by atoms with Crippen molar-refractivity contribution in [2.24, 2.45) is 0 Å². The summed E-state index contributed by atoms with van der Waals surface area (Å²) in [7, 11) is -6.59. The molecule has 0 spiro atoms. The number of hydrogen-bond acceptors (Lipinski definition) is 10. The van der Waals surface area contributed by atoms with Crippen LogP contribution in [-0.4, -0.2) is 50.6 Å². The Morgan fingerprint density at radius 2 is 0.487 bits per heavy atom. The van der Waals surface area contributed by atoms with Gasteiger partial charge in [0.2, 0.25) is 0 Å². The van der Waals surface area contributed by atoms with Crippen molar-refractivity contribution in [2.45, 2.75) is 83.3 Å². The summed E-state index contributed by atoms with van der Waals surface area (Å²) in [5, 5.41) is 15.0. The molecule has 5 aliphatic heterocycles. The molecule has 17 aromatic carbocycles. The lowest BCUT2D eigenvalue weighted by Gasteiger charge is -2.32. The summed E-state index contributed by atoms with van der Waals surface area (Å²) in [6.07, 6.45) is 0. The Balaban J connectivity index is 0.000000122. The van der Waals surface area contributed by atoms with Gasteiger partial charge in [-0.05, 0) is 230 Å². The minimum atomic E-state index is -5.76. The van der Waals surface area contributed by atoms with Gasteiger partial charge in [-0.15, -0.1) is 0 Å². The molecule has 10 nitrogen and oxygen atoms in total. The number of rotatable bonds is 8. The molecule has 22 rings (SSSR count). The lowest BCUT2D eigenvalue weighted by atomic mass is 9.74. The fourth-order valence-corrected chi connectivity index (χ4v) is 17.9. The summed E-state index contributed by atoms with van der Waals surface area (Å²) in [5.74, 6) is 4.25. The monoisotopic (exact) mass is 1560 g/mol. The molecular weight excluding hydrogens is 1480 g/mol. The van der Waals surface area contributed by atoms with E-state index in [2.05, 4.69) is 302 Å². The van der Waals surface area contributed by atoms with E-state index >= 15 is 0 Å². The Labute approximate surface area is 675 Å². The van der Waals surface area contributed by atoms with Gasteiger partial charge in [0.15, 0.2) is 5.75 Å². The van der Waals surface area contributed by atoms with Crippen molar-refractivity contribution in [3.8, 4) is 118 Å². The van der Waals surface area contributed by atoms with Crippen LogP contribution in [0.5, 0.6) is 40.2 Å². The van der Waals surface area contributed by atoms with Crippen LogP contribution in [0.3, 0.4) is 0 Å². The second-order valence-electron chi connectivity index (χ2n) is 32.3. The first-order valence-corrected chi connectivity index (χ1v) is 40.6. The van der Waals surface area contributed by atoms with E-state index in [0.717, 1.165) is 77.7 Å². The molecule has 0 aromatic heterocycles. The van der Waals surface area contributed by atoms with Gasteiger partial charge >= 0.3 is 29.9 Å². The standard InChI is InChI=1S/C52H30O2.C32H36B2O4.C17H9F3O4S/c1-2-12-32-31(11-1)37(25-26-38(32)40-28-30-46-42-14-4-6-22-48(42)54-50-24-10-20-44(40)52(46)50)35-17-7-16-34-33(35)15-8-18-36(34)39-27-29-45-41-13-3-5-21-47(41)53-49-23-9-19-43(39)51(45)49;1-29(2)30(3,4)36-33(35-29)27-18-12-16-23-21(15-11-17-26(23)27)24-19-20-28(25-14-10-9-13-22(24)25)34-37-31(5,6)32(7,8)38-34;18-17(19,20)25(21,22)24-14-9-8-11-10-4-1-2-6-13(10)23-15-7-3-5-12(14)16(11)15/h1-30H;9-20H,1-8H3;1-9H. The smallest absolute Gasteiger partial charge is 0.456 e. The maximum Gasteiger partial charge on any atom is 0.534 e. The SMILES string of the molecule is CC1(C)OB(c2cccc3c(-c4ccc(B5OC(C)(C)C(C)(C)O5)c5ccccc45)cccc23)OC1(C)C.O=S(=O)(Oc1ccc2c3c(cccc13)Oc1ccccc1-2)C(F)(F)F.c1ccc2c(c1)Oc1cccc3c(-c4cccc5c(-c6ccc(-c7ccc8c9c(cccc79)Oc7ccccc7-8)c7ccccc67)cccc45)ccc-2c13. The van der Waals surface area contributed by atoms with E-state index in [1.54, 1.807) is 30.3 Å². The lowest BCUT2D eigenvalue weighted by Crippen LogP contribution is -2.41. The van der Waals surface area contributed by atoms with E-state index in [1.807, 2.05) is 18.2 Å². The van der Waals surface area contributed by atoms with Crippen LogP contribution < -0.4 is 29.3 Å². The van der Waals surface area contributed by atoms with Crippen LogP contribution in [0, 0.1) is 0 Å². The molecule has 16 heteroatoms. The van der Waals surface area contributed by atoms with Gasteiger partial charge in [0, 0.05) is 38.2 Å². The second-order valence-corrected chi connectivity index (χ2v) is 33.9. The van der Waals surface area contributed by atoms with Crippen LogP contribution in [0.1, 0.15) is 55.4 Å². The van der Waals surface area contributed by atoms with Crippen molar-refractivity contribution >= 4 is 111 Å². The first-order chi connectivity index (χ1) is 56.4. The van der Waals surface area contributed by atoms with Crippen LogP contribution in [0.25, 0.3) is 153 Å². The molecule has 0 bridgehead atoms. The Bertz CT molecular complexity index is 6880. The molecule has 0 N–H and O–H groups in total. The third kappa shape index (κ3) is 12.0. The number of para-hydroxylation sites is 3. The molecule has 117 heavy (non-hydrogen) atoms. The van der Waals surface area contributed by atoms with Gasteiger partial charge in [0.25, 0.3) is 0 Å². The van der Waals surface area contributed by atoms with Crippen molar-refractivity contribution in [1.82, 2.24) is 0 Å². The van der Waals surface area contributed by atoms with Crippen molar-refractivity contribution in [3.63, 3.8) is 0 Å². The molecule has 0 unspecified atom stereocenters. The maximum atomic E-state index is 12.6. The van der Waals surface area contributed by atoms with E-state index in [4.69, 9.17) is 32.8 Å². The maximum absolute atomic E-state index is 12.6. The Morgan fingerprint density at radius 3 is 0.880 bits per heavy atom. The summed E-state index contributed by atoms with van der Waals surface area (Å²) in [4.78, 5) is 0. The average Bonchev–Trinajstić information content (AvgIpc) is 1.36. The lowest BCUT2D eigenvalue weighted by molar-refractivity contribution is -0.0499. The zero-order valence-corrected chi connectivity index (χ0v) is 66.0. The highest BCUT2D eigenvalue weighted by molar-refractivity contribution is 7.88. The Hall–Kier alpha value is -12.5. The number of halogens is 3. The van der Waals surface area contributed by atoms with Crippen LogP contribution in [-0.2, 0) is 28.7 Å². The number of ether oxygens (including phenoxy) is 3. The van der Waals surface area contributed by atoms with Crippen molar-refractivity contribution in [1.29, 1.82) is 0 Å². The highest BCUT2D eigenvalue weighted by Crippen LogP contribution is 2.54. The largest absolute Gasteiger partial charge is 0.534 e. The third-order valence-electron chi connectivity index (χ3n) is 24.6. The van der Waals surface area contributed by atoms with E-state index < -0.39 is 58.0 Å². The van der Waals surface area contributed by atoms with E-state index in [0.29, 0.717) is 16.9 Å². The molecule has 0 amide bonds. The first kappa shape index (κ1) is 73.4. The third-order valence-corrected chi connectivity index (χ3v) is 25.5. The van der Waals surface area contributed by atoms with Gasteiger partial charge in [0.05, 0.1) is 22.4 Å². The van der Waals surface area contributed by atoms with Gasteiger partial charge in [-0.1, -0.05) is 261 Å². The molecular formula is C101H75B2F3O10S. The number of alkyl halides is 3. The van der Waals surface area contributed by atoms with Gasteiger partial charge < -0.3 is 37.0 Å². The molecule has 5 aliphatic rings. The molecule has 572 valence electrons. The molecule has 0 aliphatic carbocycles. The van der Waals surface area contributed by atoms with Crippen LogP contribution in [0.15, 0.2) is 309 Å². The minimum Gasteiger partial charge on any atom is -0.456 e. The minimum absolute atomic E-state index is 0.220. The summed E-state index contributed by atoms with van der Waals surface area (Å²) in [6, 6.07) is 106. The van der Waals surface area contributed by atoms with Crippen molar-refractivity contribution in [2.75, 3.05) is 0 Å². The predicted octanol–water partition coefficient (Wildman–Crippen LogP) is 25.9. The molecule has 0 radical (unpaired) electrons. The second kappa shape index (κ2) is 27.3. The number of fused-ring (bicyclic) bond motifs is 10. The van der Waals surface area contributed by atoms with Gasteiger partial charge in [-0.2, -0.15) is 21.6 Å². The molecule has 2 fully saturated rings. The predicted molar refractivity (Wildman–Crippen MR) is 467 cm³/mol. The number of hydrogen-bond donors (Lipinski definition) is 0. The summed E-state index contributed by atoms with van der Waals surface area (Å²) < 4.78 is 109. The van der Waals surface area contributed by atoms with Gasteiger partial charge in [-0.25, -0.2) is 0 Å². The zero-order chi connectivity index (χ0) is 80.2. The normalized spacial score (nSPS) is 15.5. The van der Waals surface area contributed by atoms with Crippen molar-refractivity contribution in [3.05, 3.63) is 309 Å². The first-order valence-electron chi connectivity index (χ1n) is 39.2. The average molecular weight is 1560 g/mol. The Kier molecular flexibility index (Phi) is 17.1. The fourth-order valence-electron chi connectivity index (χ4n) is 17.4. The molecule has 2 saturated heterocycles. The van der Waals surface area contributed by atoms with Gasteiger partial charge in [0.1, 0.15) is 34.5 Å². The van der Waals surface area contributed by atoms with E-state index in [9.17, 15) is 21.6 Å². The fraction of sp³-hybridized carbons (Fsp3) is 0.129. The van der Waals surface area contributed by atoms with Gasteiger partial charge in [-0.3, -0.25) is 0 Å². The topological polar surface area (TPSA) is 108 Å². The quantitative estimate of drug-likeness (QED) is 0.0829. The van der Waals surface area contributed by atoms with E-state index in [-0.39, 0.29) is 5.39 Å². The Morgan fingerprint density at radius 1 is 0.248 bits per heavy atom. The number of benzene rings is 17.